The fourth-order valence-electron chi connectivity index (χ4n) is 1.68. The summed E-state index contributed by atoms with van der Waals surface area (Å²) in [4.78, 5) is 16.1. The summed E-state index contributed by atoms with van der Waals surface area (Å²) in [6.07, 6.45) is 3.53. The molecule has 0 aliphatic rings. The third kappa shape index (κ3) is 3.78. The second-order valence-electron chi connectivity index (χ2n) is 4.41. The van der Waals surface area contributed by atoms with Gasteiger partial charge in [0, 0.05) is 11.8 Å². The highest BCUT2D eigenvalue weighted by molar-refractivity contribution is 6.05. The number of amides is 1. The summed E-state index contributed by atoms with van der Waals surface area (Å²) < 4.78 is 0. The lowest BCUT2D eigenvalue weighted by Gasteiger charge is -2.05. The SMILES string of the molecule is C/C(=C\c1ccccc1)C(=O)Nc1cc(C)ccn1. The Morgan fingerprint density at radius 2 is 1.95 bits per heavy atom. The molecule has 0 radical (unpaired) electrons. The average molecular weight is 252 g/mol. The van der Waals surface area contributed by atoms with E-state index in [-0.39, 0.29) is 5.91 Å². The minimum absolute atomic E-state index is 0.137. The minimum Gasteiger partial charge on any atom is -0.307 e. The third-order valence-electron chi connectivity index (χ3n) is 2.70. The van der Waals surface area contributed by atoms with E-state index in [1.807, 2.05) is 55.5 Å². The van der Waals surface area contributed by atoms with Gasteiger partial charge in [0.1, 0.15) is 5.82 Å². The molecule has 0 unspecified atom stereocenters. The first-order valence-corrected chi connectivity index (χ1v) is 6.12. The molecule has 0 fully saturated rings. The van der Waals surface area contributed by atoms with Gasteiger partial charge in [0.25, 0.3) is 5.91 Å². The van der Waals surface area contributed by atoms with Crippen LogP contribution < -0.4 is 5.32 Å². The number of carbonyl (C=O) groups excluding carboxylic acids is 1. The molecule has 0 bridgehead atoms. The Morgan fingerprint density at radius 3 is 2.63 bits per heavy atom. The van der Waals surface area contributed by atoms with Crippen LogP contribution in [0.4, 0.5) is 5.82 Å². The van der Waals surface area contributed by atoms with Gasteiger partial charge in [0.05, 0.1) is 0 Å². The molecule has 19 heavy (non-hydrogen) atoms. The lowest BCUT2D eigenvalue weighted by atomic mass is 10.1. The molecule has 1 aromatic carbocycles. The summed E-state index contributed by atoms with van der Waals surface area (Å²) in [7, 11) is 0. The van der Waals surface area contributed by atoms with E-state index in [0.717, 1.165) is 11.1 Å². The van der Waals surface area contributed by atoms with E-state index < -0.39 is 0 Å². The van der Waals surface area contributed by atoms with E-state index in [1.165, 1.54) is 0 Å². The van der Waals surface area contributed by atoms with Crippen LogP contribution >= 0.6 is 0 Å². The summed E-state index contributed by atoms with van der Waals surface area (Å²) in [5.74, 6) is 0.438. The molecule has 0 saturated carbocycles. The Morgan fingerprint density at radius 1 is 1.21 bits per heavy atom. The topological polar surface area (TPSA) is 42.0 Å². The second-order valence-corrected chi connectivity index (χ2v) is 4.41. The number of hydrogen-bond acceptors (Lipinski definition) is 2. The van der Waals surface area contributed by atoms with Crippen molar-refractivity contribution in [1.29, 1.82) is 0 Å². The number of nitrogens with one attached hydrogen (secondary N) is 1. The zero-order valence-corrected chi connectivity index (χ0v) is 11.1. The number of benzene rings is 1. The van der Waals surface area contributed by atoms with Crippen LogP contribution in [0.15, 0.2) is 54.2 Å². The number of aromatic nitrogens is 1. The van der Waals surface area contributed by atoms with Gasteiger partial charge in [-0.05, 0) is 43.2 Å². The Balaban J connectivity index is 2.10. The number of pyridine rings is 1. The highest BCUT2D eigenvalue weighted by Gasteiger charge is 2.05. The molecule has 0 atom stereocenters. The average Bonchev–Trinajstić information content (AvgIpc) is 2.40. The maximum atomic E-state index is 12.0. The van der Waals surface area contributed by atoms with Crippen molar-refractivity contribution in [2.24, 2.45) is 0 Å². The van der Waals surface area contributed by atoms with Crippen molar-refractivity contribution in [1.82, 2.24) is 4.98 Å². The number of carbonyl (C=O) groups is 1. The largest absolute Gasteiger partial charge is 0.307 e. The molecule has 0 spiro atoms. The lowest BCUT2D eigenvalue weighted by molar-refractivity contribution is -0.112. The van der Waals surface area contributed by atoms with Crippen molar-refractivity contribution in [3.05, 3.63) is 65.4 Å². The molecule has 1 N–H and O–H groups in total. The summed E-state index contributed by atoms with van der Waals surface area (Å²) in [5, 5.41) is 2.78. The first kappa shape index (κ1) is 13.0. The van der Waals surface area contributed by atoms with Crippen LogP contribution in [0.5, 0.6) is 0 Å². The van der Waals surface area contributed by atoms with Crippen LogP contribution in [-0.4, -0.2) is 10.9 Å². The molecule has 0 saturated heterocycles. The van der Waals surface area contributed by atoms with Crippen molar-refractivity contribution < 1.29 is 4.79 Å². The highest BCUT2D eigenvalue weighted by Crippen LogP contribution is 2.10. The van der Waals surface area contributed by atoms with E-state index in [4.69, 9.17) is 0 Å². The predicted octanol–water partition coefficient (Wildman–Crippen LogP) is 3.43. The van der Waals surface area contributed by atoms with Gasteiger partial charge in [-0.3, -0.25) is 4.79 Å². The van der Waals surface area contributed by atoms with E-state index in [9.17, 15) is 4.79 Å². The quantitative estimate of drug-likeness (QED) is 0.850. The van der Waals surface area contributed by atoms with Gasteiger partial charge in [-0.25, -0.2) is 4.98 Å². The number of aryl methyl sites for hydroxylation is 1. The standard InChI is InChI=1S/C16H16N2O/c1-12-8-9-17-15(10-12)18-16(19)13(2)11-14-6-4-3-5-7-14/h3-11H,1-2H3,(H,17,18,19)/b13-11+. The van der Waals surface area contributed by atoms with Crippen molar-refractivity contribution >= 4 is 17.8 Å². The Bertz CT molecular complexity index is 603. The van der Waals surface area contributed by atoms with Gasteiger partial charge in [0.15, 0.2) is 0 Å². The fourth-order valence-corrected chi connectivity index (χ4v) is 1.68. The van der Waals surface area contributed by atoms with Gasteiger partial charge in [-0.2, -0.15) is 0 Å². The molecule has 96 valence electrons. The Hall–Kier alpha value is -2.42. The van der Waals surface area contributed by atoms with Crippen molar-refractivity contribution in [2.45, 2.75) is 13.8 Å². The molecular formula is C16H16N2O. The van der Waals surface area contributed by atoms with E-state index >= 15 is 0 Å². The van der Waals surface area contributed by atoms with Gasteiger partial charge in [-0.1, -0.05) is 30.3 Å². The third-order valence-corrected chi connectivity index (χ3v) is 2.70. The maximum absolute atomic E-state index is 12.0. The fraction of sp³-hybridized carbons (Fsp3) is 0.125. The molecule has 3 heteroatoms. The molecule has 0 aliphatic carbocycles. The van der Waals surface area contributed by atoms with E-state index in [1.54, 1.807) is 13.1 Å². The molecule has 1 amide bonds. The number of anilines is 1. The lowest BCUT2D eigenvalue weighted by Crippen LogP contribution is -2.13. The molecule has 3 nitrogen and oxygen atoms in total. The van der Waals surface area contributed by atoms with Crippen LogP contribution in [-0.2, 0) is 4.79 Å². The van der Waals surface area contributed by atoms with E-state index in [2.05, 4.69) is 10.3 Å². The van der Waals surface area contributed by atoms with Gasteiger partial charge in [0.2, 0.25) is 0 Å². The zero-order chi connectivity index (χ0) is 13.7. The molecule has 1 heterocycles. The molecule has 0 aliphatic heterocycles. The summed E-state index contributed by atoms with van der Waals surface area (Å²) in [5.41, 5.74) is 2.72. The maximum Gasteiger partial charge on any atom is 0.252 e. The number of nitrogens with zero attached hydrogens (tertiary/aromatic N) is 1. The first-order valence-electron chi connectivity index (χ1n) is 6.12. The second kappa shape index (κ2) is 5.96. The van der Waals surface area contributed by atoms with Crippen molar-refractivity contribution in [3.63, 3.8) is 0 Å². The Kier molecular flexibility index (Phi) is 4.08. The van der Waals surface area contributed by atoms with Crippen LogP contribution in [0.1, 0.15) is 18.1 Å². The molecule has 2 rings (SSSR count). The summed E-state index contributed by atoms with van der Waals surface area (Å²) >= 11 is 0. The minimum atomic E-state index is -0.137. The predicted molar refractivity (Wildman–Crippen MR) is 77.7 cm³/mol. The van der Waals surface area contributed by atoms with Crippen LogP contribution in [0.3, 0.4) is 0 Å². The van der Waals surface area contributed by atoms with Gasteiger partial charge < -0.3 is 5.32 Å². The van der Waals surface area contributed by atoms with Crippen LogP contribution in [0.25, 0.3) is 6.08 Å². The summed E-state index contributed by atoms with van der Waals surface area (Å²) in [6.45, 7) is 3.75. The Labute approximate surface area is 113 Å². The summed E-state index contributed by atoms with van der Waals surface area (Å²) in [6, 6.07) is 13.5. The molecule has 1 aromatic heterocycles. The van der Waals surface area contributed by atoms with Gasteiger partial charge >= 0.3 is 0 Å². The molecular weight excluding hydrogens is 236 g/mol. The van der Waals surface area contributed by atoms with E-state index in [0.29, 0.717) is 11.4 Å². The van der Waals surface area contributed by atoms with Crippen LogP contribution in [0.2, 0.25) is 0 Å². The molecule has 2 aromatic rings. The smallest absolute Gasteiger partial charge is 0.252 e. The normalized spacial score (nSPS) is 11.2. The first-order chi connectivity index (χ1) is 9.15. The van der Waals surface area contributed by atoms with Gasteiger partial charge in [-0.15, -0.1) is 0 Å². The highest BCUT2D eigenvalue weighted by atomic mass is 16.1. The number of rotatable bonds is 3. The monoisotopic (exact) mass is 252 g/mol. The van der Waals surface area contributed by atoms with Crippen molar-refractivity contribution in [3.8, 4) is 0 Å². The zero-order valence-electron chi connectivity index (χ0n) is 11.1. The van der Waals surface area contributed by atoms with Crippen molar-refractivity contribution in [2.75, 3.05) is 5.32 Å². The van der Waals surface area contributed by atoms with Crippen LogP contribution in [0, 0.1) is 6.92 Å². The number of hydrogen-bond donors (Lipinski definition) is 1.